The van der Waals surface area contributed by atoms with Crippen molar-refractivity contribution in [1.29, 1.82) is 0 Å². The molecule has 0 aromatic heterocycles. The number of Topliss-reactive ketones (excluding diaryl/α,β-unsaturated/α-hetero) is 1. The van der Waals surface area contributed by atoms with E-state index < -0.39 is 17.9 Å². The van der Waals surface area contributed by atoms with Gasteiger partial charge in [0.2, 0.25) is 0 Å². The van der Waals surface area contributed by atoms with Gasteiger partial charge >= 0.3 is 5.97 Å². The van der Waals surface area contributed by atoms with Crippen LogP contribution in [0.25, 0.3) is 0 Å². The van der Waals surface area contributed by atoms with E-state index in [1.54, 1.807) is 56.3 Å². The smallest absolute Gasteiger partial charge is 0.329 e. The Kier molecular flexibility index (Phi) is 8.42. The maximum Gasteiger partial charge on any atom is 0.329 e. The number of ether oxygens (including phenoxy) is 2. The molecule has 2 aromatic rings. The molecular formula is C23H26ClNO5. The van der Waals surface area contributed by atoms with Crippen LogP contribution in [0.3, 0.4) is 0 Å². The van der Waals surface area contributed by atoms with Crippen molar-refractivity contribution in [2.45, 2.75) is 40.3 Å². The fourth-order valence-corrected chi connectivity index (χ4v) is 3.03. The van der Waals surface area contributed by atoms with E-state index in [1.165, 1.54) is 6.92 Å². The van der Waals surface area contributed by atoms with Gasteiger partial charge in [-0.2, -0.15) is 0 Å². The van der Waals surface area contributed by atoms with Gasteiger partial charge in [-0.25, -0.2) is 4.79 Å². The van der Waals surface area contributed by atoms with Crippen molar-refractivity contribution in [3.8, 4) is 5.75 Å². The van der Waals surface area contributed by atoms with Crippen LogP contribution in [0.15, 0.2) is 42.5 Å². The molecule has 0 aliphatic heterocycles. The fourth-order valence-electron chi connectivity index (χ4n) is 2.81. The number of hydrogen-bond acceptors (Lipinski definition) is 5. The van der Waals surface area contributed by atoms with E-state index in [1.807, 2.05) is 6.92 Å². The maximum atomic E-state index is 12.7. The van der Waals surface area contributed by atoms with Gasteiger partial charge in [-0.1, -0.05) is 37.6 Å². The van der Waals surface area contributed by atoms with Crippen molar-refractivity contribution in [2.75, 3.05) is 6.61 Å². The van der Waals surface area contributed by atoms with Crippen LogP contribution in [0.5, 0.6) is 5.75 Å². The van der Waals surface area contributed by atoms with Crippen LogP contribution in [0.1, 0.15) is 54.0 Å². The van der Waals surface area contributed by atoms with E-state index in [9.17, 15) is 14.4 Å². The quantitative estimate of drug-likeness (QED) is 0.469. The Hall–Kier alpha value is -2.86. The minimum atomic E-state index is -0.861. The number of carbonyl (C=O) groups is 3. The molecule has 2 rings (SSSR count). The second kappa shape index (κ2) is 10.8. The summed E-state index contributed by atoms with van der Waals surface area (Å²) in [6.45, 7) is 7.27. The van der Waals surface area contributed by atoms with E-state index in [4.69, 9.17) is 21.1 Å². The van der Waals surface area contributed by atoms with E-state index >= 15 is 0 Å². The van der Waals surface area contributed by atoms with E-state index in [0.717, 1.165) is 0 Å². The highest BCUT2D eigenvalue weighted by Crippen LogP contribution is 2.22. The van der Waals surface area contributed by atoms with Gasteiger partial charge in [-0.3, -0.25) is 9.59 Å². The largest absolute Gasteiger partial charge is 0.493 e. The van der Waals surface area contributed by atoms with E-state index in [2.05, 4.69) is 5.32 Å². The average molecular weight is 432 g/mol. The molecule has 2 aromatic carbocycles. The fraction of sp³-hybridized carbons (Fsp3) is 0.348. The van der Waals surface area contributed by atoms with Crippen LogP contribution >= 0.6 is 11.6 Å². The predicted octanol–water partition coefficient (Wildman–Crippen LogP) is 4.44. The Balaban J connectivity index is 2.14. The zero-order valence-electron chi connectivity index (χ0n) is 17.5. The van der Waals surface area contributed by atoms with Crippen molar-refractivity contribution in [3.63, 3.8) is 0 Å². The van der Waals surface area contributed by atoms with Crippen molar-refractivity contribution < 1.29 is 23.9 Å². The van der Waals surface area contributed by atoms with Crippen LogP contribution in [-0.4, -0.2) is 30.3 Å². The molecule has 0 saturated heterocycles. The minimum absolute atomic E-state index is 0.0829. The molecule has 1 amide bonds. The van der Waals surface area contributed by atoms with Gasteiger partial charge in [0.05, 0.1) is 17.2 Å². The topological polar surface area (TPSA) is 81.7 Å². The Morgan fingerprint density at radius 3 is 2.40 bits per heavy atom. The Morgan fingerprint density at radius 2 is 1.80 bits per heavy atom. The van der Waals surface area contributed by atoms with Crippen molar-refractivity contribution >= 4 is 29.3 Å². The molecule has 0 bridgehead atoms. The summed E-state index contributed by atoms with van der Waals surface area (Å²) in [4.78, 5) is 37.0. The SMILES string of the molecule is CCOc1ccc(C(C)=O)cc1COC(=O)[C@@H](NC(=O)c1ccccc1Cl)C(C)C. The number of esters is 1. The van der Waals surface area contributed by atoms with E-state index in [-0.39, 0.29) is 23.9 Å². The number of ketones is 1. The molecule has 0 saturated carbocycles. The Bertz CT molecular complexity index is 926. The van der Waals surface area contributed by atoms with Crippen LogP contribution in [-0.2, 0) is 16.1 Å². The monoisotopic (exact) mass is 431 g/mol. The molecule has 0 aliphatic carbocycles. The van der Waals surface area contributed by atoms with Crippen LogP contribution in [0.4, 0.5) is 0 Å². The molecule has 0 spiro atoms. The summed E-state index contributed by atoms with van der Waals surface area (Å²) in [5, 5.41) is 3.00. The summed E-state index contributed by atoms with van der Waals surface area (Å²) >= 11 is 6.07. The third-order valence-corrected chi connectivity index (χ3v) is 4.79. The van der Waals surface area contributed by atoms with Gasteiger partial charge in [0.15, 0.2) is 5.78 Å². The third kappa shape index (κ3) is 6.07. The number of hydrogen-bond donors (Lipinski definition) is 1. The van der Waals surface area contributed by atoms with Gasteiger partial charge in [0, 0.05) is 11.1 Å². The standard InChI is InChI=1S/C23H26ClNO5/c1-5-29-20-11-10-16(15(4)26)12-17(20)13-30-23(28)21(14(2)3)25-22(27)18-8-6-7-9-19(18)24/h6-12,14,21H,5,13H2,1-4H3,(H,25,27)/t21-/m0/s1. The van der Waals surface area contributed by atoms with E-state index in [0.29, 0.717) is 28.5 Å². The minimum Gasteiger partial charge on any atom is -0.493 e. The summed E-state index contributed by atoms with van der Waals surface area (Å²) in [5.41, 5.74) is 1.36. The van der Waals surface area contributed by atoms with Crippen LogP contribution in [0, 0.1) is 5.92 Å². The molecule has 7 heteroatoms. The number of nitrogens with one attached hydrogen (secondary N) is 1. The molecule has 1 N–H and O–H groups in total. The van der Waals surface area contributed by atoms with Crippen molar-refractivity contribution in [1.82, 2.24) is 5.32 Å². The number of carbonyl (C=O) groups excluding carboxylic acids is 3. The Labute approximate surface area is 181 Å². The molecular weight excluding hydrogens is 406 g/mol. The first-order valence-electron chi connectivity index (χ1n) is 9.73. The second-order valence-corrected chi connectivity index (χ2v) is 7.50. The van der Waals surface area contributed by atoms with Gasteiger partial charge in [0.1, 0.15) is 18.4 Å². The first kappa shape index (κ1) is 23.4. The number of benzene rings is 2. The highest BCUT2D eigenvalue weighted by Gasteiger charge is 2.27. The van der Waals surface area contributed by atoms with Crippen molar-refractivity contribution in [2.24, 2.45) is 5.92 Å². The Morgan fingerprint density at radius 1 is 1.10 bits per heavy atom. The molecule has 0 radical (unpaired) electrons. The lowest BCUT2D eigenvalue weighted by atomic mass is 10.0. The third-order valence-electron chi connectivity index (χ3n) is 4.46. The molecule has 0 fully saturated rings. The van der Waals surface area contributed by atoms with Crippen LogP contribution < -0.4 is 10.1 Å². The first-order valence-corrected chi connectivity index (χ1v) is 10.1. The second-order valence-electron chi connectivity index (χ2n) is 7.09. The molecule has 0 unspecified atom stereocenters. The first-order chi connectivity index (χ1) is 14.2. The zero-order valence-corrected chi connectivity index (χ0v) is 18.3. The lowest BCUT2D eigenvalue weighted by molar-refractivity contribution is -0.148. The zero-order chi connectivity index (χ0) is 22.3. The summed E-state index contributed by atoms with van der Waals surface area (Å²) in [6.07, 6.45) is 0. The number of rotatable bonds is 9. The predicted molar refractivity (Wildman–Crippen MR) is 115 cm³/mol. The van der Waals surface area contributed by atoms with Crippen LogP contribution in [0.2, 0.25) is 5.02 Å². The molecule has 160 valence electrons. The van der Waals surface area contributed by atoms with Gasteiger partial charge in [-0.15, -0.1) is 0 Å². The summed E-state index contributed by atoms with van der Waals surface area (Å²) < 4.78 is 11.0. The number of halogens is 1. The summed E-state index contributed by atoms with van der Waals surface area (Å²) in [7, 11) is 0. The lowest BCUT2D eigenvalue weighted by Gasteiger charge is -2.21. The number of amides is 1. The highest BCUT2D eigenvalue weighted by atomic mass is 35.5. The molecule has 0 heterocycles. The highest BCUT2D eigenvalue weighted by molar-refractivity contribution is 6.33. The summed E-state index contributed by atoms with van der Waals surface area (Å²) in [6, 6.07) is 10.7. The van der Waals surface area contributed by atoms with Gasteiger partial charge < -0.3 is 14.8 Å². The maximum absolute atomic E-state index is 12.7. The van der Waals surface area contributed by atoms with Gasteiger partial charge in [-0.05, 0) is 50.1 Å². The molecule has 1 atom stereocenters. The average Bonchev–Trinajstić information content (AvgIpc) is 2.71. The molecule has 30 heavy (non-hydrogen) atoms. The van der Waals surface area contributed by atoms with Gasteiger partial charge in [0.25, 0.3) is 5.91 Å². The molecule has 0 aliphatic rings. The van der Waals surface area contributed by atoms with Crippen molar-refractivity contribution in [3.05, 3.63) is 64.2 Å². The molecule has 6 nitrogen and oxygen atoms in total. The lowest BCUT2D eigenvalue weighted by Crippen LogP contribution is -2.45. The normalized spacial score (nSPS) is 11.7. The summed E-state index contributed by atoms with van der Waals surface area (Å²) in [5.74, 6) is -0.807.